The fourth-order valence-electron chi connectivity index (χ4n) is 2.82. The lowest BCUT2D eigenvalue weighted by atomic mass is 10.1. The molecule has 0 saturated carbocycles. The van der Waals surface area contributed by atoms with Crippen LogP contribution in [0.3, 0.4) is 0 Å². The molecule has 1 N–H and O–H groups in total. The van der Waals surface area contributed by atoms with Gasteiger partial charge in [0.2, 0.25) is 0 Å². The van der Waals surface area contributed by atoms with Crippen LogP contribution in [0, 0.1) is 17.0 Å². The maximum Gasteiger partial charge on any atom is 0.336 e. The third-order valence-corrected chi connectivity index (χ3v) is 5.86. The molecule has 154 valence electrons. The highest BCUT2D eigenvalue weighted by atomic mass is 35.5. The third-order valence-electron chi connectivity index (χ3n) is 4.12. The molecule has 0 amide bonds. The van der Waals surface area contributed by atoms with Crippen molar-refractivity contribution in [2.75, 3.05) is 4.72 Å². The van der Waals surface area contributed by atoms with Gasteiger partial charge in [-0.15, -0.1) is 0 Å². The lowest BCUT2D eigenvalue weighted by Gasteiger charge is -2.12. The first-order chi connectivity index (χ1) is 14.1. The molecule has 0 aliphatic heterocycles. The van der Waals surface area contributed by atoms with Crippen molar-refractivity contribution in [1.29, 1.82) is 0 Å². The Balaban J connectivity index is 2.17. The second-order valence-corrected chi connectivity index (χ2v) is 8.20. The van der Waals surface area contributed by atoms with Crippen LogP contribution in [0.1, 0.15) is 11.1 Å². The van der Waals surface area contributed by atoms with Crippen molar-refractivity contribution < 1.29 is 17.8 Å². The molecule has 0 unspecified atom stereocenters. The van der Waals surface area contributed by atoms with E-state index in [9.17, 15) is 23.3 Å². The fourth-order valence-corrected chi connectivity index (χ4v) is 4.32. The van der Waals surface area contributed by atoms with Gasteiger partial charge in [-0.25, -0.2) is 13.2 Å². The first-order valence-electron chi connectivity index (χ1n) is 8.17. The molecule has 2 aromatic carbocycles. The van der Waals surface area contributed by atoms with Crippen LogP contribution in [0.25, 0.3) is 21.4 Å². The summed E-state index contributed by atoms with van der Waals surface area (Å²) in [4.78, 5) is 24.6. The van der Waals surface area contributed by atoms with Gasteiger partial charge in [0, 0.05) is 27.5 Å². The van der Waals surface area contributed by atoms with Gasteiger partial charge in [0.1, 0.15) is 11.3 Å². The maximum atomic E-state index is 13.0. The Hall–Kier alpha value is -3.60. The molecule has 3 rings (SSSR count). The van der Waals surface area contributed by atoms with Crippen LogP contribution in [0.5, 0.6) is 0 Å². The number of nitrogens with zero attached hydrogens (tertiary/aromatic N) is 4. The largest absolute Gasteiger partial charge is 0.423 e. The van der Waals surface area contributed by atoms with Crippen LogP contribution in [0.2, 0.25) is 5.02 Å². The molecule has 3 aromatic rings. The number of anilines is 1. The molecular weight excluding hydrogens is 438 g/mol. The number of rotatable bonds is 6. The van der Waals surface area contributed by atoms with Crippen molar-refractivity contribution in [2.24, 2.45) is 5.11 Å². The number of sulfonamides is 1. The Morgan fingerprint density at radius 3 is 2.70 bits per heavy atom. The summed E-state index contributed by atoms with van der Waals surface area (Å²) in [7, 11) is -4.27. The number of nitro benzene ring substituents is 1. The average Bonchev–Trinajstić information content (AvgIpc) is 2.66. The van der Waals surface area contributed by atoms with Gasteiger partial charge in [-0.3, -0.25) is 14.8 Å². The van der Waals surface area contributed by atoms with Crippen LogP contribution in [0.15, 0.2) is 55.6 Å². The predicted molar refractivity (Wildman–Crippen MR) is 109 cm³/mol. The van der Waals surface area contributed by atoms with Crippen molar-refractivity contribution in [3.63, 3.8) is 0 Å². The molecule has 13 heteroatoms. The Kier molecular flexibility index (Phi) is 5.65. The number of hydrogen-bond donors (Lipinski definition) is 1. The van der Waals surface area contributed by atoms with Gasteiger partial charge in [-0.2, -0.15) is 0 Å². The molecule has 1 heterocycles. The number of nitrogens with one attached hydrogen (secondary N) is 1. The second kappa shape index (κ2) is 8.03. The Morgan fingerprint density at radius 1 is 1.30 bits per heavy atom. The van der Waals surface area contributed by atoms with Crippen LogP contribution < -0.4 is 10.3 Å². The summed E-state index contributed by atoms with van der Waals surface area (Å²) >= 11 is 5.76. The lowest BCUT2D eigenvalue weighted by Crippen LogP contribution is -2.15. The van der Waals surface area contributed by atoms with Crippen LogP contribution >= 0.6 is 11.6 Å². The molecule has 0 saturated heterocycles. The Bertz CT molecular complexity index is 1400. The van der Waals surface area contributed by atoms with Gasteiger partial charge >= 0.3 is 5.63 Å². The Labute approximate surface area is 173 Å². The number of fused-ring (bicyclic) bond motifs is 1. The molecule has 0 aliphatic rings. The van der Waals surface area contributed by atoms with Crippen molar-refractivity contribution in [3.05, 3.63) is 83.5 Å². The zero-order chi connectivity index (χ0) is 22.1. The molecule has 0 fully saturated rings. The average molecular weight is 450 g/mol. The SMILES string of the molecule is Cc1cc2oc(=O)cc(CN=[N+]=[N-])c2cc1S(=O)(=O)Nc1ccc(Cl)cc1[N+](=O)[O-]. The van der Waals surface area contributed by atoms with Gasteiger partial charge in [0.05, 0.1) is 16.4 Å². The van der Waals surface area contributed by atoms with Crippen molar-refractivity contribution >= 4 is 44.0 Å². The maximum absolute atomic E-state index is 13.0. The number of benzene rings is 2. The molecule has 0 radical (unpaired) electrons. The molecular formula is C17H12ClN5O6S. The topological polar surface area (TPSA) is 168 Å². The summed E-state index contributed by atoms with van der Waals surface area (Å²) in [6.45, 7) is 1.28. The van der Waals surface area contributed by atoms with E-state index in [1.807, 2.05) is 0 Å². The number of aryl methyl sites for hydroxylation is 1. The fraction of sp³-hybridized carbons (Fsp3) is 0.118. The van der Waals surface area contributed by atoms with Crippen molar-refractivity contribution in [1.82, 2.24) is 0 Å². The van der Waals surface area contributed by atoms with Crippen LogP contribution in [-0.4, -0.2) is 13.3 Å². The van der Waals surface area contributed by atoms with E-state index >= 15 is 0 Å². The number of hydrogen-bond acceptors (Lipinski definition) is 7. The van der Waals surface area contributed by atoms with Gasteiger partial charge in [0.25, 0.3) is 15.7 Å². The predicted octanol–water partition coefficient (Wildman–Crippen LogP) is 4.27. The third kappa shape index (κ3) is 4.20. The first-order valence-corrected chi connectivity index (χ1v) is 10.0. The van der Waals surface area contributed by atoms with E-state index in [1.54, 1.807) is 0 Å². The minimum atomic E-state index is -4.27. The van der Waals surface area contributed by atoms with E-state index in [0.29, 0.717) is 0 Å². The summed E-state index contributed by atoms with van der Waals surface area (Å²) in [6, 6.07) is 7.22. The molecule has 0 bridgehead atoms. The number of azide groups is 1. The molecule has 0 atom stereocenters. The standard InChI is InChI=1S/C17H12ClN5O6S/c1-9-4-15-12(10(8-20-22-19)5-17(24)29-15)7-16(9)30(27,28)21-13-3-2-11(18)6-14(13)23(25)26/h2-7,21H,8H2,1H3. The van der Waals surface area contributed by atoms with E-state index in [0.717, 1.165) is 12.1 Å². The summed E-state index contributed by atoms with van der Waals surface area (Å²) in [5.41, 5.74) is 7.69. The van der Waals surface area contributed by atoms with Gasteiger partial charge in [0.15, 0.2) is 0 Å². The molecule has 11 nitrogen and oxygen atoms in total. The highest BCUT2D eigenvalue weighted by Gasteiger charge is 2.24. The smallest absolute Gasteiger partial charge is 0.336 e. The van der Waals surface area contributed by atoms with E-state index < -0.39 is 26.3 Å². The number of halogens is 1. The monoisotopic (exact) mass is 449 g/mol. The minimum Gasteiger partial charge on any atom is -0.423 e. The highest BCUT2D eigenvalue weighted by molar-refractivity contribution is 7.92. The highest BCUT2D eigenvalue weighted by Crippen LogP contribution is 2.32. The lowest BCUT2D eigenvalue weighted by molar-refractivity contribution is -0.383. The van der Waals surface area contributed by atoms with Crippen molar-refractivity contribution in [3.8, 4) is 0 Å². The zero-order valence-corrected chi connectivity index (χ0v) is 16.8. The molecule has 0 spiro atoms. The molecule has 1 aromatic heterocycles. The molecule has 0 aliphatic carbocycles. The van der Waals surface area contributed by atoms with E-state index in [4.69, 9.17) is 21.5 Å². The summed E-state index contributed by atoms with van der Waals surface area (Å²) in [5, 5.41) is 15.0. The summed E-state index contributed by atoms with van der Waals surface area (Å²) in [6.07, 6.45) is 0. The second-order valence-electron chi connectivity index (χ2n) is 6.12. The van der Waals surface area contributed by atoms with Gasteiger partial charge in [-0.05, 0) is 47.8 Å². The summed E-state index contributed by atoms with van der Waals surface area (Å²) in [5.74, 6) is 0. The van der Waals surface area contributed by atoms with E-state index in [1.165, 1.54) is 31.2 Å². The van der Waals surface area contributed by atoms with Crippen LogP contribution in [-0.2, 0) is 16.6 Å². The zero-order valence-electron chi connectivity index (χ0n) is 15.2. The number of nitro groups is 1. The normalized spacial score (nSPS) is 11.1. The van der Waals surface area contributed by atoms with Crippen molar-refractivity contribution in [2.45, 2.75) is 18.4 Å². The Morgan fingerprint density at radius 2 is 2.03 bits per heavy atom. The van der Waals surface area contributed by atoms with Crippen LogP contribution in [0.4, 0.5) is 11.4 Å². The van der Waals surface area contributed by atoms with Gasteiger partial charge in [-0.1, -0.05) is 16.7 Å². The quantitative estimate of drug-likeness (QED) is 0.147. The summed E-state index contributed by atoms with van der Waals surface area (Å²) < 4.78 is 33.2. The molecule has 30 heavy (non-hydrogen) atoms. The van der Waals surface area contributed by atoms with E-state index in [2.05, 4.69) is 14.7 Å². The van der Waals surface area contributed by atoms with Gasteiger partial charge < -0.3 is 4.42 Å². The van der Waals surface area contributed by atoms with E-state index in [-0.39, 0.29) is 44.2 Å². The minimum absolute atomic E-state index is 0.0734. The first kappa shape index (κ1) is 21.1.